The quantitative estimate of drug-likeness (QED) is 0.751. The third-order valence-electron chi connectivity index (χ3n) is 2.38. The molecule has 1 atom stereocenters. The topological polar surface area (TPSA) is 53.6 Å². The summed E-state index contributed by atoms with van der Waals surface area (Å²) < 4.78 is 1.86. The molecule has 0 radical (unpaired) electrons. The maximum atomic E-state index is 8.89. The Labute approximate surface area is 83.5 Å². The predicted octanol–water partition coefficient (Wildman–Crippen LogP) is 0.917. The second-order valence-electron chi connectivity index (χ2n) is 3.68. The highest BCUT2D eigenvalue weighted by Gasteiger charge is 2.24. The van der Waals surface area contributed by atoms with Gasteiger partial charge in [-0.1, -0.05) is 0 Å². The van der Waals surface area contributed by atoms with Gasteiger partial charge in [0.05, 0.1) is 12.1 Å². The zero-order valence-corrected chi connectivity index (χ0v) is 8.06. The van der Waals surface area contributed by atoms with Crippen LogP contribution in [0.4, 0.5) is 0 Å². The number of nitriles is 1. The van der Waals surface area contributed by atoms with E-state index in [9.17, 15) is 0 Å². The molecule has 1 aromatic rings. The molecule has 1 aromatic heterocycles. The van der Waals surface area contributed by atoms with E-state index in [4.69, 9.17) is 5.26 Å². The van der Waals surface area contributed by atoms with Crippen molar-refractivity contribution in [3.05, 3.63) is 18.5 Å². The lowest BCUT2D eigenvalue weighted by atomic mass is 10.2. The highest BCUT2D eigenvalue weighted by Crippen LogP contribution is 2.19. The maximum Gasteiger partial charge on any atom is 0.0972 e. The van der Waals surface area contributed by atoms with Crippen molar-refractivity contribution in [2.24, 2.45) is 0 Å². The van der Waals surface area contributed by atoms with E-state index in [2.05, 4.69) is 16.5 Å². The second kappa shape index (κ2) is 4.25. The summed E-state index contributed by atoms with van der Waals surface area (Å²) in [6.45, 7) is 0.810. The Balaban J connectivity index is 1.74. The minimum absolute atomic E-state index is 0.0216. The molecule has 0 saturated heterocycles. The highest BCUT2D eigenvalue weighted by molar-refractivity contribution is 4.95. The van der Waals surface area contributed by atoms with Crippen LogP contribution in [0.2, 0.25) is 0 Å². The Hall–Kier alpha value is -1.34. The molecular formula is C10H14N4. The van der Waals surface area contributed by atoms with Crippen molar-refractivity contribution in [2.75, 3.05) is 0 Å². The predicted molar refractivity (Wildman–Crippen MR) is 52.4 cm³/mol. The lowest BCUT2D eigenvalue weighted by Crippen LogP contribution is -2.30. The van der Waals surface area contributed by atoms with Gasteiger partial charge in [-0.15, -0.1) is 0 Å². The van der Waals surface area contributed by atoms with Gasteiger partial charge < -0.3 is 0 Å². The third kappa shape index (κ3) is 2.57. The summed E-state index contributed by atoms with van der Waals surface area (Å²) in [4.78, 5) is 0. The Morgan fingerprint density at radius 2 is 2.50 bits per heavy atom. The van der Waals surface area contributed by atoms with Gasteiger partial charge in [0.25, 0.3) is 0 Å². The molecule has 1 heterocycles. The molecule has 0 spiro atoms. The Kier molecular flexibility index (Phi) is 2.80. The fraction of sp³-hybridized carbons (Fsp3) is 0.600. The van der Waals surface area contributed by atoms with Crippen LogP contribution in [-0.4, -0.2) is 21.9 Å². The summed E-state index contributed by atoms with van der Waals surface area (Å²) in [5.41, 5.74) is 0. The van der Waals surface area contributed by atoms with Crippen molar-refractivity contribution in [2.45, 2.75) is 37.9 Å². The number of hydrogen-bond acceptors (Lipinski definition) is 3. The fourth-order valence-corrected chi connectivity index (χ4v) is 1.41. The van der Waals surface area contributed by atoms with Gasteiger partial charge in [-0.3, -0.25) is 10.00 Å². The van der Waals surface area contributed by atoms with Crippen LogP contribution in [0.1, 0.15) is 19.3 Å². The normalized spacial score (nSPS) is 17.6. The molecule has 0 aliphatic heterocycles. The van der Waals surface area contributed by atoms with Gasteiger partial charge in [-0.2, -0.15) is 10.4 Å². The zero-order chi connectivity index (χ0) is 9.80. The molecule has 14 heavy (non-hydrogen) atoms. The van der Waals surface area contributed by atoms with Crippen LogP contribution in [0.15, 0.2) is 18.5 Å². The van der Waals surface area contributed by atoms with E-state index in [-0.39, 0.29) is 6.04 Å². The van der Waals surface area contributed by atoms with Crippen molar-refractivity contribution < 1.29 is 0 Å². The van der Waals surface area contributed by atoms with Crippen LogP contribution in [0.3, 0.4) is 0 Å². The van der Waals surface area contributed by atoms with Gasteiger partial charge in [-0.05, 0) is 25.3 Å². The minimum atomic E-state index is -0.0216. The van der Waals surface area contributed by atoms with Crippen LogP contribution in [0.25, 0.3) is 0 Å². The summed E-state index contributed by atoms with van der Waals surface area (Å²) in [6.07, 6.45) is 6.95. The smallest absolute Gasteiger partial charge is 0.0972 e. The summed E-state index contributed by atoms with van der Waals surface area (Å²) in [7, 11) is 0. The molecule has 0 bridgehead atoms. The number of nitrogens with one attached hydrogen (secondary N) is 1. The SMILES string of the molecule is N#CC(CCn1cccn1)NC1CC1. The molecule has 2 rings (SSSR count). The molecule has 1 N–H and O–H groups in total. The van der Waals surface area contributed by atoms with E-state index in [0.29, 0.717) is 6.04 Å². The minimum Gasteiger partial charge on any atom is -0.299 e. The Morgan fingerprint density at radius 1 is 1.64 bits per heavy atom. The molecule has 0 amide bonds. The first-order valence-corrected chi connectivity index (χ1v) is 5.01. The van der Waals surface area contributed by atoms with E-state index in [1.54, 1.807) is 6.20 Å². The lowest BCUT2D eigenvalue weighted by molar-refractivity contribution is 0.491. The van der Waals surface area contributed by atoms with Crippen LogP contribution in [0.5, 0.6) is 0 Å². The van der Waals surface area contributed by atoms with Crippen molar-refractivity contribution in [1.82, 2.24) is 15.1 Å². The highest BCUT2D eigenvalue weighted by atomic mass is 15.3. The second-order valence-corrected chi connectivity index (χ2v) is 3.68. The summed E-state index contributed by atoms with van der Waals surface area (Å²) in [5, 5.41) is 16.3. The van der Waals surface area contributed by atoms with E-state index < -0.39 is 0 Å². The standard InChI is InChI=1S/C10H14N4/c11-8-10(13-9-2-3-9)4-7-14-6-1-5-12-14/h1,5-6,9-10,13H,2-4,7H2. The Bertz CT molecular complexity index is 307. The molecule has 0 aromatic carbocycles. The zero-order valence-electron chi connectivity index (χ0n) is 8.06. The van der Waals surface area contributed by atoms with Gasteiger partial charge in [-0.25, -0.2) is 0 Å². The van der Waals surface area contributed by atoms with Crippen LogP contribution < -0.4 is 5.32 Å². The van der Waals surface area contributed by atoms with E-state index in [1.807, 2.05) is 16.9 Å². The molecular weight excluding hydrogens is 176 g/mol. The van der Waals surface area contributed by atoms with Gasteiger partial charge in [0, 0.05) is 25.0 Å². The fourth-order valence-electron chi connectivity index (χ4n) is 1.41. The number of nitrogens with zero attached hydrogens (tertiary/aromatic N) is 3. The number of aromatic nitrogens is 2. The molecule has 1 aliphatic rings. The average molecular weight is 190 g/mol. The summed E-state index contributed by atoms with van der Waals surface area (Å²) in [6, 6.07) is 4.76. The largest absolute Gasteiger partial charge is 0.299 e. The lowest BCUT2D eigenvalue weighted by Gasteiger charge is -2.09. The number of rotatable bonds is 5. The van der Waals surface area contributed by atoms with Crippen molar-refractivity contribution in [1.29, 1.82) is 5.26 Å². The molecule has 4 nitrogen and oxygen atoms in total. The molecule has 1 saturated carbocycles. The van der Waals surface area contributed by atoms with E-state index in [1.165, 1.54) is 12.8 Å². The van der Waals surface area contributed by atoms with Gasteiger partial charge in [0.2, 0.25) is 0 Å². The van der Waals surface area contributed by atoms with Crippen molar-refractivity contribution in [3.63, 3.8) is 0 Å². The molecule has 4 heteroatoms. The van der Waals surface area contributed by atoms with Crippen molar-refractivity contribution >= 4 is 0 Å². The van der Waals surface area contributed by atoms with Crippen LogP contribution >= 0.6 is 0 Å². The summed E-state index contributed by atoms with van der Waals surface area (Å²) >= 11 is 0. The molecule has 74 valence electrons. The van der Waals surface area contributed by atoms with Gasteiger partial charge in [0.1, 0.15) is 0 Å². The monoisotopic (exact) mass is 190 g/mol. The van der Waals surface area contributed by atoms with Crippen molar-refractivity contribution in [3.8, 4) is 6.07 Å². The maximum absolute atomic E-state index is 8.89. The number of hydrogen-bond donors (Lipinski definition) is 1. The third-order valence-corrected chi connectivity index (χ3v) is 2.38. The Morgan fingerprint density at radius 3 is 3.07 bits per heavy atom. The van der Waals surface area contributed by atoms with E-state index >= 15 is 0 Å². The van der Waals surface area contributed by atoms with Gasteiger partial charge in [0.15, 0.2) is 0 Å². The van der Waals surface area contributed by atoms with Gasteiger partial charge >= 0.3 is 0 Å². The first-order chi connectivity index (χ1) is 6.88. The van der Waals surface area contributed by atoms with Crippen LogP contribution in [-0.2, 0) is 6.54 Å². The molecule has 1 fully saturated rings. The van der Waals surface area contributed by atoms with Crippen LogP contribution in [0, 0.1) is 11.3 Å². The summed E-state index contributed by atoms with van der Waals surface area (Å²) in [5.74, 6) is 0. The molecule has 1 aliphatic carbocycles. The number of aryl methyl sites for hydroxylation is 1. The van der Waals surface area contributed by atoms with E-state index in [0.717, 1.165) is 13.0 Å². The average Bonchev–Trinajstić information content (AvgIpc) is 2.86. The first kappa shape index (κ1) is 9.22. The molecule has 1 unspecified atom stereocenters. The first-order valence-electron chi connectivity index (χ1n) is 5.01.